The number of fused-ring (bicyclic) bond motifs is 1. The van der Waals surface area contributed by atoms with Gasteiger partial charge in [-0.1, -0.05) is 122 Å². The van der Waals surface area contributed by atoms with Gasteiger partial charge >= 0.3 is 6.09 Å². The van der Waals surface area contributed by atoms with Crippen LogP contribution in [0.25, 0.3) is 11.1 Å². The Morgan fingerprint density at radius 1 is 0.742 bits per heavy atom. The van der Waals surface area contributed by atoms with Crippen molar-refractivity contribution in [3.63, 3.8) is 0 Å². The van der Waals surface area contributed by atoms with E-state index >= 15 is 0 Å². The lowest BCUT2D eigenvalue weighted by molar-refractivity contribution is -0.139. The first-order chi connectivity index (χ1) is 30.3. The predicted octanol–water partition coefficient (Wildman–Crippen LogP) is 8.02. The van der Waals surface area contributed by atoms with Crippen LogP contribution in [0.15, 0.2) is 144 Å². The number of hydrogen-bond acceptors (Lipinski definition) is 10. The van der Waals surface area contributed by atoms with E-state index in [1.165, 1.54) is 4.90 Å². The van der Waals surface area contributed by atoms with Crippen LogP contribution in [-0.4, -0.2) is 64.7 Å². The Morgan fingerprint density at radius 3 is 2.03 bits per heavy atom. The Hall–Kier alpha value is -6.63. The predicted molar refractivity (Wildman–Crippen MR) is 234 cm³/mol. The first-order valence-corrected chi connectivity index (χ1v) is 21.1. The maximum absolute atomic E-state index is 14.9. The van der Waals surface area contributed by atoms with E-state index in [9.17, 15) is 19.2 Å². The van der Waals surface area contributed by atoms with Gasteiger partial charge in [-0.05, 0) is 65.9 Å². The lowest BCUT2D eigenvalue weighted by Crippen LogP contribution is -2.53. The molecule has 7 rings (SSSR count). The van der Waals surface area contributed by atoms with Crippen LogP contribution >= 0.6 is 0 Å². The number of carbonyl (C=O) groups excluding carboxylic acids is 4. The fourth-order valence-electron chi connectivity index (χ4n) is 7.65. The van der Waals surface area contributed by atoms with Crippen LogP contribution in [-0.2, 0) is 45.3 Å². The molecule has 0 bridgehead atoms. The van der Waals surface area contributed by atoms with Gasteiger partial charge in [0.15, 0.2) is 11.4 Å². The number of nitrogens with one attached hydrogen (secondary N) is 1. The van der Waals surface area contributed by atoms with Gasteiger partial charge in [-0.3, -0.25) is 14.4 Å². The number of rotatable bonds is 21. The van der Waals surface area contributed by atoms with Crippen LogP contribution in [0.1, 0.15) is 65.0 Å². The molecule has 5 aromatic carbocycles. The van der Waals surface area contributed by atoms with Gasteiger partial charge < -0.3 is 34.6 Å². The van der Waals surface area contributed by atoms with Gasteiger partial charge in [0.25, 0.3) is 5.89 Å². The summed E-state index contributed by atoms with van der Waals surface area (Å²) in [6.45, 7) is 1.21. The molecule has 1 fully saturated rings. The second-order valence-corrected chi connectivity index (χ2v) is 15.5. The molecule has 0 spiro atoms. The van der Waals surface area contributed by atoms with E-state index in [0.29, 0.717) is 49.3 Å². The quantitative estimate of drug-likeness (QED) is 0.0536. The third-order valence-electron chi connectivity index (χ3n) is 11.0. The molecular formula is C50H52N4O8. The van der Waals surface area contributed by atoms with Gasteiger partial charge in [-0.2, -0.15) is 0 Å². The highest BCUT2D eigenvalue weighted by Crippen LogP contribution is 2.29. The number of nitrogens with two attached hydrogens (primary N) is 1. The van der Waals surface area contributed by atoms with Crippen LogP contribution < -0.4 is 15.8 Å². The van der Waals surface area contributed by atoms with Gasteiger partial charge in [0.2, 0.25) is 11.7 Å². The topological polar surface area (TPSA) is 163 Å². The van der Waals surface area contributed by atoms with Gasteiger partial charge in [0.1, 0.15) is 30.5 Å². The summed E-state index contributed by atoms with van der Waals surface area (Å²) in [5.74, 6) is -1.32. The number of benzene rings is 5. The summed E-state index contributed by atoms with van der Waals surface area (Å²) in [6.07, 6.45) is 0.556. The molecule has 12 heteroatoms. The van der Waals surface area contributed by atoms with Crippen molar-refractivity contribution in [2.24, 2.45) is 11.7 Å². The van der Waals surface area contributed by atoms with Crippen LogP contribution in [0.5, 0.6) is 5.75 Å². The zero-order valence-electron chi connectivity index (χ0n) is 34.6. The first-order valence-electron chi connectivity index (χ1n) is 21.1. The zero-order valence-corrected chi connectivity index (χ0v) is 34.6. The number of carbonyl (C=O) groups is 4. The fourth-order valence-corrected chi connectivity index (χ4v) is 7.65. The number of ether oxygens (including phenoxy) is 3. The van der Waals surface area contributed by atoms with Gasteiger partial charge in [-0.15, -0.1) is 0 Å². The SMILES string of the molecule is NCCCC[C@H](CC(=O)[C@@H]1C[C@@H](OCc2ccccc2)CN1C(=O)[C@@H](Cc1ccc(OCc2ccccc2)cc1)NC(=O)OCc1ccccc1)C(=O)c1nc2ccccc2o1. The van der Waals surface area contributed by atoms with Gasteiger partial charge in [-0.25, -0.2) is 9.78 Å². The zero-order chi connectivity index (χ0) is 43.1. The molecule has 1 saturated heterocycles. The molecule has 0 aliphatic carbocycles. The highest BCUT2D eigenvalue weighted by molar-refractivity contribution is 6.00. The Balaban J connectivity index is 1.12. The Bertz CT molecular complexity index is 2340. The Kier molecular flexibility index (Phi) is 15.2. The smallest absolute Gasteiger partial charge is 0.408 e. The molecule has 4 atom stereocenters. The van der Waals surface area contributed by atoms with Gasteiger partial charge in [0, 0.05) is 31.7 Å². The van der Waals surface area contributed by atoms with Crippen LogP contribution in [0, 0.1) is 5.92 Å². The van der Waals surface area contributed by atoms with E-state index in [1.54, 1.807) is 18.2 Å². The number of Topliss-reactive ketones (excluding diaryl/α,β-unsaturated/α-hetero) is 2. The van der Waals surface area contributed by atoms with E-state index in [-0.39, 0.29) is 56.5 Å². The molecule has 1 aromatic heterocycles. The third-order valence-corrected chi connectivity index (χ3v) is 11.0. The van der Waals surface area contributed by atoms with E-state index in [0.717, 1.165) is 22.3 Å². The number of amides is 2. The molecule has 2 heterocycles. The molecule has 6 aromatic rings. The fraction of sp³-hybridized carbons (Fsp3) is 0.300. The van der Waals surface area contributed by atoms with Crippen molar-refractivity contribution in [1.82, 2.24) is 15.2 Å². The molecule has 2 amide bonds. The number of unbranched alkanes of at least 4 members (excludes halogenated alkanes) is 1. The molecule has 1 aliphatic rings. The Morgan fingerprint density at radius 2 is 1.37 bits per heavy atom. The average Bonchev–Trinajstić information content (AvgIpc) is 3.95. The number of oxazole rings is 1. The van der Waals surface area contributed by atoms with Crippen molar-refractivity contribution in [3.05, 3.63) is 168 Å². The number of likely N-dealkylation sites (tertiary alicyclic amines) is 1. The first kappa shape index (κ1) is 43.5. The summed E-state index contributed by atoms with van der Waals surface area (Å²) in [5, 5.41) is 2.81. The maximum Gasteiger partial charge on any atom is 0.408 e. The van der Waals surface area contributed by atoms with Crippen molar-refractivity contribution in [3.8, 4) is 5.75 Å². The highest BCUT2D eigenvalue weighted by atomic mass is 16.5. The summed E-state index contributed by atoms with van der Waals surface area (Å²) in [7, 11) is 0. The summed E-state index contributed by atoms with van der Waals surface area (Å²) in [6, 6.07) is 41.1. The molecule has 1 aliphatic heterocycles. The number of para-hydroxylation sites is 2. The maximum atomic E-state index is 14.9. The van der Waals surface area contributed by atoms with E-state index in [1.807, 2.05) is 121 Å². The molecule has 12 nitrogen and oxygen atoms in total. The largest absolute Gasteiger partial charge is 0.489 e. The molecule has 62 heavy (non-hydrogen) atoms. The van der Waals surface area contributed by atoms with E-state index in [2.05, 4.69) is 10.3 Å². The van der Waals surface area contributed by atoms with Crippen molar-refractivity contribution >= 4 is 34.7 Å². The monoisotopic (exact) mass is 836 g/mol. The molecule has 3 N–H and O–H groups in total. The number of hydrogen-bond donors (Lipinski definition) is 2. The lowest BCUT2D eigenvalue weighted by atomic mass is 9.89. The van der Waals surface area contributed by atoms with E-state index in [4.69, 9.17) is 24.4 Å². The standard InChI is InChI=1S/C50H52N4O8/c51-27-13-12-20-39(47(56)48-52-42-21-10-11-22-46(42)62-48)29-45(55)44-30-41(60-33-37-16-6-2-7-17-37)31-54(44)49(57)43(53-50(58)61-34-38-18-8-3-9-19-38)28-35-23-25-40(26-24-35)59-32-36-14-4-1-5-15-36/h1-11,14-19,21-26,39,41,43-44H,12-13,20,27-34,51H2,(H,53,58)/t39-,41-,43-,44+/m1/s1. The molecule has 0 unspecified atom stereocenters. The highest BCUT2D eigenvalue weighted by Gasteiger charge is 2.43. The van der Waals surface area contributed by atoms with Crippen molar-refractivity contribution in [1.29, 1.82) is 0 Å². The second kappa shape index (κ2) is 21.8. The van der Waals surface area contributed by atoms with Crippen molar-refractivity contribution in [2.45, 2.75) is 76.5 Å². The van der Waals surface area contributed by atoms with Crippen LogP contribution in [0.2, 0.25) is 0 Å². The minimum Gasteiger partial charge on any atom is -0.489 e. The number of alkyl carbamates (subject to hydrolysis) is 1. The molecule has 0 radical (unpaired) electrons. The summed E-state index contributed by atoms with van der Waals surface area (Å²) < 4.78 is 23.8. The van der Waals surface area contributed by atoms with Crippen molar-refractivity contribution < 1.29 is 37.8 Å². The number of nitrogens with zero attached hydrogens (tertiary/aromatic N) is 2. The summed E-state index contributed by atoms with van der Waals surface area (Å²) in [5.41, 5.74) is 10.3. The summed E-state index contributed by atoms with van der Waals surface area (Å²) >= 11 is 0. The minimum absolute atomic E-state index is 0.000912. The van der Waals surface area contributed by atoms with Crippen molar-refractivity contribution in [2.75, 3.05) is 13.1 Å². The van der Waals surface area contributed by atoms with Crippen LogP contribution in [0.3, 0.4) is 0 Å². The third kappa shape index (κ3) is 12.0. The molecule has 0 saturated carbocycles. The van der Waals surface area contributed by atoms with Gasteiger partial charge in [0.05, 0.1) is 18.8 Å². The summed E-state index contributed by atoms with van der Waals surface area (Å²) in [4.78, 5) is 62.8. The minimum atomic E-state index is -1.11. The van der Waals surface area contributed by atoms with E-state index < -0.39 is 36.1 Å². The molecule has 320 valence electrons. The number of ketones is 2. The lowest BCUT2D eigenvalue weighted by Gasteiger charge is -2.29. The normalized spacial score (nSPS) is 15.8. The Labute approximate surface area is 361 Å². The average molecular weight is 837 g/mol. The number of aromatic nitrogens is 1. The molecular weight excluding hydrogens is 785 g/mol. The van der Waals surface area contributed by atoms with Crippen LogP contribution in [0.4, 0.5) is 4.79 Å². The second-order valence-electron chi connectivity index (χ2n) is 15.5.